The molecule has 2 aromatic rings. The molecular formula is C14H14N4O4S. The molecule has 1 heterocycles. The molecule has 0 radical (unpaired) electrons. The van der Waals surface area contributed by atoms with E-state index in [4.69, 9.17) is 4.74 Å². The zero-order chi connectivity index (χ0) is 16.4. The maximum atomic E-state index is 11.9. The second-order valence-electron chi connectivity index (χ2n) is 5.26. The average Bonchev–Trinajstić information content (AvgIpc) is 3.26. The lowest BCUT2D eigenvalue weighted by Gasteiger charge is -2.08. The van der Waals surface area contributed by atoms with E-state index >= 15 is 0 Å². The van der Waals surface area contributed by atoms with Crippen molar-refractivity contribution in [3.8, 4) is 5.75 Å². The summed E-state index contributed by atoms with van der Waals surface area (Å²) in [5, 5.41) is 22.7. The maximum absolute atomic E-state index is 11.9. The Morgan fingerprint density at radius 1 is 1.48 bits per heavy atom. The molecule has 23 heavy (non-hydrogen) atoms. The van der Waals surface area contributed by atoms with E-state index in [0.717, 1.165) is 17.8 Å². The van der Waals surface area contributed by atoms with E-state index < -0.39 is 4.92 Å². The van der Waals surface area contributed by atoms with Crippen LogP contribution in [0.25, 0.3) is 0 Å². The van der Waals surface area contributed by atoms with Crippen LogP contribution in [0.2, 0.25) is 0 Å². The van der Waals surface area contributed by atoms with Gasteiger partial charge in [-0.1, -0.05) is 11.3 Å². The van der Waals surface area contributed by atoms with Crippen molar-refractivity contribution in [2.45, 2.75) is 25.7 Å². The number of nitrogens with zero attached hydrogens (tertiary/aromatic N) is 3. The van der Waals surface area contributed by atoms with Crippen molar-refractivity contribution in [3.63, 3.8) is 0 Å². The Morgan fingerprint density at radius 2 is 2.26 bits per heavy atom. The summed E-state index contributed by atoms with van der Waals surface area (Å²) in [5.74, 6) is 0.583. The molecule has 0 aliphatic heterocycles. The molecule has 1 aliphatic carbocycles. The quantitative estimate of drug-likeness (QED) is 0.643. The molecule has 0 bridgehead atoms. The first-order chi connectivity index (χ1) is 11.0. The standard InChI is InChI=1S/C14H14N4O4S/c1-8-6-10(18(20)21)4-5-11(8)22-7-12(19)15-14-17-16-13(23-14)9-2-3-9/h4-6,9H,2-3,7H2,1H3,(H,15,17,19). The number of carbonyl (C=O) groups excluding carboxylic acids is 1. The molecule has 0 atom stereocenters. The molecule has 1 aromatic carbocycles. The van der Waals surface area contributed by atoms with Crippen LogP contribution in [0.4, 0.5) is 10.8 Å². The largest absolute Gasteiger partial charge is 0.483 e. The van der Waals surface area contributed by atoms with Crippen molar-refractivity contribution >= 4 is 28.1 Å². The van der Waals surface area contributed by atoms with Gasteiger partial charge in [0, 0.05) is 18.1 Å². The number of aromatic nitrogens is 2. The van der Waals surface area contributed by atoms with Crippen LogP contribution in [-0.4, -0.2) is 27.6 Å². The molecule has 1 aliphatic rings. The summed E-state index contributed by atoms with van der Waals surface area (Å²) in [6.07, 6.45) is 2.26. The predicted molar refractivity (Wildman–Crippen MR) is 83.8 cm³/mol. The zero-order valence-corrected chi connectivity index (χ0v) is 13.1. The Balaban J connectivity index is 1.54. The first-order valence-electron chi connectivity index (χ1n) is 7.04. The molecule has 9 heteroatoms. The van der Waals surface area contributed by atoms with Crippen molar-refractivity contribution in [2.75, 3.05) is 11.9 Å². The number of nitro benzene ring substituents is 1. The van der Waals surface area contributed by atoms with Crippen molar-refractivity contribution < 1.29 is 14.5 Å². The van der Waals surface area contributed by atoms with Gasteiger partial charge in [0.05, 0.1) is 4.92 Å². The molecule has 3 rings (SSSR count). The smallest absolute Gasteiger partial charge is 0.269 e. The lowest BCUT2D eigenvalue weighted by molar-refractivity contribution is -0.384. The second-order valence-corrected chi connectivity index (χ2v) is 6.27. The molecular weight excluding hydrogens is 320 g/mol. The Bertz CT molecular complexity index is 757. The number of aryl methyl sites for hydroxylation is 1. The number of hydrogen-bond acceptors (Lipinski definition) is 7. The van der Waals surface area contributed by atoms with E-state index in [1.807, 2.05) is 0 Å². The first kappa shape index (κ1) is 15.3. The molecule has 1 fully saturated rings. The van der Waals surface area contributed by atoms with E-state index in [2.05, 4.69) is 15.5 Å². The Morgan fingerprint density at radius 3 is 2.91 bits per heavy atom. The molecule has 1 saturated carbocycles. The summed E-state index contributed by atoms with van der Waals surface area (Å²) in [4.78, 5) is 22.1. The fourth-order valence-electron chi connectivity index (χ4n) is 1.99. The van der Waals surface area contributed by atoms with Crippen LogP contribution in [0.1, 0.15) is 29.3 Å². The summed E-state index contributed by atoms with van der Waals surface area (Å²) in [6.45, 7) is 1.49. The average molecular weight is 334 g/mol. The molecule has 120 valence electrons. The van der Waals surface area contributed by atoms with Crippen molar-refractivity contribution in [1.29, 1.82) is 0 Å². The minimum atomic E-state index is -0.476. The Labute approximate surface area is 135 Å². The van der Waals surface area contributed by atoms with E-state index in [1.165, 1.54) is 29.5 Å². The van der Waals surface area contributed by atoms with Gasteiger partial charge in [-0.15, -0.1) is 10.2 Å². The number of amides is 1. The number of benzene rings is 1. The van der Waals surface area contributed by atoms with Gasteiger partial charge in [-0.25, -0.2) is 0 Å². The number of carbonyl (C=O) groups is 1. The molecule has 0 saturated heterocycles. The van der Waals surface area contributed by atoms with Crippen LogP contribution >= 0.6 is 11.3 Å². The van der Waals surface area contributed by atoms with Crippen LogP contribution in [0.15, 0.2) is 18.2 Å². The van der Waals surface area contributed by atoms with E-state index in [0.29, 0.717) is 22.4 Å². The van der Waals surface area contributed by atoms with E-state index in [-0.39, 0.29) is 18.2 Å². The van der Waals surface area contributed by atoms with Gasteiger partial charge in [0.15, 0.2) is 6.61 Å². The maximum Gasteiger partial charge on any atom is 0.269 e. The third-order valence-electron chi connectivity index (χ3n) is 3.34. The van der Waals surface area contributed by atoms with Crippen LogP contribution in [-0.2, 0) is 4.79 Å². The minimum Gasteiger partial charge on any atom is -0.483 e. The highest BCUT2D eigenvalue weighted by Crippen LogP contribution is 2.42. The van der Waals surface area contributed by atoms with Crippen LogP contribution < -0.4 is 10.1 Å². The monoisotopic (exact) mass is 334 g/mol. The fourth-order valence-corrected chi connectivity index (χ4v) is 2.92. The van der Waals surface area contributed by atoms with Gasteiger partial charge in [-0.2, -0.15) is 0 Å². The number of nitro groups is 1. The van der Waals surface area contributed by atoms with Gasteiger partial charge in [-0.05, 0) is 31.4 Å². The lowest BCUT2D eigenvalue weighted by atomic mass is 10.2. The number of anilines is 1. The molecule has 1 aromatic heterocycles. The number of non-ortho nitro benzene ring substituents is 1. The van der Waals surface area contributed by atoms with Crippen LogP contribution in [0, 0.1) is 17.0 Å². The summed E-state index contributed by atoms with van der Waals surface area (Å²) in [7, 11) is 0. The van der Waals surface area contributed by atoms with Gasteiger partial charge in [0.25, 0.3) is 11.6 Å². The summed E-state index contributed by atoms with van der Waals surface area (Å²) in [6, 6.07) is 4.23. The fraction of sp³-hybridized carbons (Fsp3) is 0.357. The van der Waals surface area contributed by atoms with Crippen LogP contribution in [0.3, 0.4) is 0 Å². The molecule has 0 spiro atoms. The number of rotatable bonds is 6. The Kier molecular flexibility index (Phi) is 4.20. The second kappa shape index (κ2) is 6.29. The van der Waals surface area contributed by atoms with Gasteiger partial charge >= 0.3 is 0 Å². The summed E-state index contributed by atoms with van der Waals surface area (Å²) in [5.41, 5.74) is 0.583. The number of nitrogens with one attached hydrogen (secondary N) is 1. The topological polar surface area (TPSA) is 107 Å². The normalized spacial score (nSPS) is 13.6. The molecule has 1 amide bonds. The zero-order valence-electron chi connectivity index (χ0n) is 12.3. The first-order valence-corrected chi connectivity index (χ1v) is 7.85. The van der Waals surface area contributed by atoms with Gasteiger partial charge < -0.3 is 4.74 Å². The van der Waals surface area contributed by atoms with E-state index in [9.17, 15) is 14.9 Å². The minimum absolute atomic E-state index is 0.0132. The number of hydrogen-bond donors (Lipinski definition) is 1. The third kappa shape index (κ3) is 3.81. The molecule has 1 N–H and O–H groups in total. The highest BCUT2D eigenvalue weighted by atomic mass is 32.1. The summed E-state index contributed by atoms with van der Waals surface area (Å²) < 4.78 is 5.39. The number of ether oxygens (including phenoxy) is 1. The van der Waals surface area contributed by atoms with Crippen LogP contribution in [0.5, 0.6) is 5.75 Å². The van der Waals surface area contributed by atoms with Gasteiger partial charge in [-0.3, -0.25) is 20.2 Å². The Hall–Kier alpha value is -2.55. The van der Waals surface area contributed by atoms with Crippen molar-refractivity contribution in [3.05, 3.63) is 38.9 Å². The lowest BCUT2D eigenvalue weighted by Crippen LogP contribution is -2.20. The SMILES string of the molecule is Cc1cc([N+](=O)[O-])ccc1OCC(=O)Nc1nnc(C2CC2)s1. The highest BCUT2D eigenvalue weighted by molar-refractivity contribution is 7.15. The van der Waals surface area contributed by atoms with Gasteiger partial charge in [0.2, 0.25) is 5.13 Å². The van der Waals surface area contributed by atoms with Gasteiger partial charge in [0.1, 0.15) is 10.8 Å². The molecule has 8 nitrogen and oxygen atoms in total. The third-order valence-corrected chi connectivity index (χ3v) is 4.34. The van der Waals surface area contributed by atoms with Crippen molar-refractivity contribution in [1.82, 2.24) is 10.2 Å². The highest BCUT2D eigenvalue weighted by Gasteiger charge is 2.27. The van der Waals surface area contributed by atoms with Crippen molar-refractivity contribution in [2.24, 2.45) is 0 Å². The molecule has 0 unspecified atom stereocenters. The summed E-state index contributed by atoms with van der Waals surface area (Å²) >= 11 is 1.38. The predicted octanol–water partition coefficient (Wildman–Crippen LogP) is 2.65. The van der Waals surface area contributed by atoms with E-state index in [1.54, 1.807) is 6.92 Å².